The van der Waals surface area contributed by atoms with Crippen LogP contribution in [0.5, 0.6) is 0 Å². The predicted molar refractivity (Wildman–Crippen MR) is 93.6 cm³/mol. The maximum absolute atomic E-state index is 12.8. The molecule has 0 aliphatic carbocycles. The van der Waals surface area contributed by atoms with Gasteiger partial charge in [0.15, 0.2) is 0 Å². The van der Waals surface area contributed by atoms with Crippen LogP contribution in [0.2, 0.25) is 5.02 Å². The van der Waals surface area contributed by atoms with Gasteiger partial charge in [-0.2, -0.15) is 0 Å². The Bertz CT molecular complexity index is 818. The van der Waals surface area contributed by atoms with Crippen LogP contribution < -0.4 is 16.0 Å². The molecule has 1 atom stereocenters. The summed E-state index contributed by atoms with van der Waals surface area (Å²) >= 11 is 6.10. The summed E-state index contributed by atoms with van der Waals surface area (Å²) in [5.74, 6) is -0.318. The number of hydrogen-bond donors (Lipinski definition) is 3. The van der Waals surface area contributed by atoms with Crippen LogP contribution >= 0.6 is 11.6 Å². The van der Waals surface area contributed by atoms with E-state index >= 15 is 0 Å². The second-order valence-electron chi connectivity index (χ2n) is 5.41. The summed E-state index contributed by atoms with van der Waals surface area (Å²) in [6.45, 7) is 1.70. The third kappa shape index (κ3) is 3.26. The largest absolute Gasteiger partial charge is 0.327 e. The lowest BCUT2D eigenvalue weighted by molar-refractivity contribution is -0.113. The number of anilines is 1. The van der Waals surface area contributed by atoms with Crippen molar-refractivity contribution >= 4 is 29.2 Å². The molecule has 24 heavy (non-hydrogen) atoms. The van der Waals surface area contributed by atoms with Crippen LogP contribution in [0.1, 0.15) is 18.5 Å². The molecule has 122 valence electrons. The average molecular weight is 342 g/mol. The van der Waals surface area contributed by atoms with Crippen LogP contribution in [0.3, 0.4) is 0 Å². The van der Waals surface area contributed by atoms with E-state index in [9.17, 15) is 9.59 Å². The van der Waals surface area contributed by atoms with Gasteiger partial charge >= 0.3 is 6.03 Å². The molecule has 1 aliphatic heterocycles. The van der Waals surface area contributed by atoms with Gasteiger partial charge in [0.1, 0.15) is 0 Å². The SMILES string of the molecule is CC1=C(C(=O)Nc2ccccc2Cl)[C@H](c2ccccc2)NC(=O)N1. The van der Waals surface area contributed by atoms with Crippen LogP contribution in [0.25, 0.3) is 0 Å². The average Bonchev–Trinajstić information content (AvgIpc) is 2.57. The summed E-state index contributed by atoms with van der Waals surface area (Å²) in [5.41, 5.74) is 2.31. The quantitative estimate of drug-likeness (QED) is 0.798. The highest BCUT2D eigenvalue weighted by Crippen LogP contribution is 2.28. The molecule has 0 bridgehead atoms. The highest BCUT2D eigenvalue weighted by atomic mass is 35.5. The van der Waals surface area contributed by atoms with Crippen molar-refractivity contribution in [2.45, 2.75) is 13.0 Å². The van der Waals surface area contributed by atoms with Crippen molar-refractivity contribution in [3.8, 4) is 0 Å². The number of halogens is 1. The molecule has 0 fully saturated rings. The van der Waals surface area contributed by atoms with E-state index in [2.05, 4.69) is 16.0 Å². The highest BCUT2D eigenvalue weighted by Gasteiger charge is 2.31. The fourth-order valence-electron chi connectivity index (χ4n) is 2.64. The first kappa shape index (κ1) is 16.1. The van der Waals surface area contributed by atoms with Crippen LogP contribution in [-0.4, -0.2) is 11.9 Å². The van der Waals surface area contributed by atoms with Crippen LogP contribution in [0.4, 0.5) is 10.5 Å². The van der Waals surface area contributed by atoms with E-state index < -0.39 is 6.04 Å². The molecular formula is C18H16ClN3O2. The smallest absolute Gasteiger partial charge is 0.319 e. The fourth-order valence-corrected chi connectivity index (χ4v) is 2.83. The Kier molecular flexibility index (Phi) is 4.53. The monoisotopic (exact) mass is 341 g/mol. The molecule has 3 amide bonds. The zero-order chi connectivity index (χ0) is 17.1. The summed E-state index contributed by atoms with van der Waals surface area (Å²) in [4.78, 5) is 24.6. The first-order valence-corrected chi connectivity index (χ1v) is 7.83. The lowest BCUT2D eigenvalue weighted by Gasteiger charge is -2.28. The molecule has 1 heterocycles. The normalized spacial score (nSPS) is 17.1. The van der Waals surface area contributed by atoms with Gasteiger partial charge in [0.25, 0.3) is 5.91 Å². The number of nitrogens with one attached hydrogen (secondary N) is 3. The number of carbonyl (C=O) groups is 2. The summed E-state index contributed by atoms with van der Waals surface area (Å²) in [6.07, 6.45) is 0. The highest BCUT2D eigenvalue weighted by molar-refractivity contribution is 6.33. The van der Waals surface area contributed by atoms with Crippen LogP contribution in [0.15, 0.2) is 65.9 Å². The maximum atomic E-state index is 12.8. The molecular weight excluding hydrogens is 326 g/mol. The first-order valence-electron chi connectivity index (χ1n) is 7.45. The number of benzene rings is 2. The van der Waals surface area contributed by atoms with Gasteiger partial charge < -0.3 is 16.0 Å². The van der Waals surface area contributed by atoms with Crippen molar-refractivity contribution in [2.75, 3.05) is 5.32 Å². The van der Waals surface area contributed by atoms with Crippen molar-refractivity contribution in [1.29, 1.82) is 0 Å². The molecule has 0 radical (unpaired) electrons. The Morgan fingerprint density at radius 1 is 1.08 bits per heavy atom. The molecule has 6 heteroatoms. The van der Waals surface area contributed by atoms with Crippen molar-refractivity contribution < 1.29 is 9.59 Å². The van der Waals surface area contributed by atoms with Gasteiger partial charge in [-0.05, 0) is 24.6 Å². The first-order chi connectivity index (χ1) is 11.6. The summed E-state index contributed by atoms with van der Waals surface area (Å²) < 4.78 is 0. The van der Waals surface area contributed by atoms with Crippen molar-refractivity contribution in [2.24, 2.45) is 0 Å². The standard InChI is InChI=1S/C18H16ClN3O2/c1-11-15(17(23)21-14-10-6-5-9-13(14)19)16(22-18(24)20-11)12-7-3-2-4-8-12/h2-10,16H,1H3,(H,21,23)(H2,20,22,24)/t16-/m0/s1. The second-order valence-corrected chi connectivity index (χ2v) is 5.82. The van der Waals surface area contributed by atoms with Gasteiger partial charge in [-0.25, -0.2) is 4.79 Å². The van der Waals surface area contributed by atoms with Crippen LogP contribution in [-0.2, 0) is 4.79 Å². The number of allylic oxidation sites excluding steroid dienone is 1. The molecule has 3 N–H and O–H groups in total. The van der Waals surface area contributed by atoms with Crippen molar-refractivity contribution in [1.82, 2.24) is 10.6 Å². The summed E-state index contributed by atoms with van der Waals surface area (Å²) in [7, 11) is 0. The minimum absolute atomic E-state index is 0.318. The topological polar surface area (TPSA) is 70.2 Å². The third-order valence-corrected chi connectivity index (χ3v) is 4.10. The van der Waals surface area contributed by atoms with E-state index in [-0.39, 0.29) is 11.9 Å². The molecule has 3 rings (SSSR count). The fraction of sp³-hybridized carbons (Fsp3) is 0.111. The van der Waals surface area contributed by atoms with Crippen LogP contribution in [0, 0.1) is 0 Å². The van der Waals surface area contributed by atoms with Gasteiger partial charge in [0.2, 0.25) is 0 Å². The Hall–Kier alpha value is -2.79. The third-order valence-electron chi connectivity index (χ3n) is 3.77. The minimum Gasteiger partial charge on any atom is -0.327 e. The number of hydrogen-bond acceptors (Lipinski definition) is 2. The Morgan fingerprint density at radius 3 is 2.46 bits per heavy atom. The molecule has 2 aromatic carbocycles. The molecule has 0 saturated carbocycles. The van der Waals surface area contributed by atoms with E-state index in [0.717, 1.165) is 5.56 Å². The molecule has 1 aliphatic rings. The van der Waals surface area contributed by atoms with E-state index in [1.165, 1.54) is 0 Å². The van der Waals surface area contributed by atoms with E-state index in [0.29, 0.717) is 22.0 Å². The van der Waals surface area contributed by atoms with E-state index in [4.69, 9.17) is 11.6 Å². The Morgan fingerprint density at radius 2 is 1.75 bits per heavy atom. The van der Waals surface area contributed by atoms with Gasteiger partial charge in [-0.1, -0.05) is 54.1 Å². The van der Waals surface area contributed by atoms with Gasteiger partial charge in [-0.15, -0.1) is 0 Å². The minimum atomic E-state index is -0.526. The number of para-hydroxylation sites is 1. The van der Waals surface area contributed by atoms with E-state index in [1.807, 2.05) is 30.3 Å². The predicted octanol–water partition coefficient (Wildman–Crippen LogP) is 3.61. The number of urea groups is 1. The Labute approximate surface area is 144 Å². The molecule has 0 unspecified atom stereocenters. The summed E-state index contributed by atoms with van der Waals surface area (Å²) in [6, 6.07) is 15.5. The molecule has 0 spiro atoms. The van der Waals surface area contributed by atoms with Crippen molar-refractivity contribution in [3.63, 3.8) is 0 Å². The molecule has 0 saturated heterocycles. The second kappa shape index (κ2) is 6.76. The Balaban J connectivity index is 1.95. The summed E-state index contributed by atoms with van der Waals surface area (Å²) in [5, 5.41) is 8.70. The number of rotatable bonds is 3. The van der Waals surface area contributed by atoms with Gasteiger partial charge in [0, 0.05) is 5.70 Å². The number of amides is 3. The zero-order valence-electron chi connectivity index (χ0n) is 13.0. The molecule has 0 aromatic heterocycles. The lowest BCUT2D eigenvalue weighted by atomic mass is 9.95. The lowest BCUT2D eigenvalue weighted by Crippen LogP contribution is -2.45. The maximum Gasteiger partial charge on any atom is 0.319 e. The van der Waals surface area contributed by atoms with Gasteiger partial charge in [0.05, 0.1) is 22.3 Å². The number of carbonyl (C=O) groups excluding carboxylic acids is 2. The molecule has 5 nitrogen and oxygen atoms in total. The van der Waals surface area contributed by atoms with E-state index in [1.54, 1.807) is 31.2 Å². The zero-order valence-corrected chi connectivity index (χ0v) is 13.7. The van der Waals surface area contributed by atoms with Gasteiger partial charge in [-0.3, -0.25) is 4.79 Å². The molecule has 2 aromatic rings. The van der Waals surface area contributed by atoms with Crippen molar-refractivity contribution in [3.05, 3.63) is 76.5 Å².